The van der Waals surface area contributed by atoms with Crippen molar-refractivity contribution in [3.8, 4) is 56.0 Å². The summed E-state index contributed by atoms with van der Waals surface area (Å²) in [6.45, 7) is -0.0883. The lowest BCUT2D eigenvalue weighted by molar-refractivity contribution is 0.487. The number of benzene rings is 9. The highest BCUT2D eigenvalue weighted by molar-refractivity contribution is 7.20. The molecule has 0 radical (unpaired) electrons. The third kappa shape index (κ3) is 5.24. The molecule has 0 aromatic heterocycles. The van der Waals surface area contributed by atoms with Gasteiger partial charge in [0.2, 0.25) is 0 Å². The summed E-state index contributed by atoms with van der Waals surface area (Å²) < 4.78 is 6.83. The lowest BCUT2D eigenvalue weighted by Crippen LogP contribution is -2.74. The SMILES string of the molecule is c1ccc([Si](c2ccccc2)(c2ccccc2)c2cccc(-c3cccc4c3B3c5ccccc5Oc5cccc(c53)-c3ccccc3-c3ccccc3-4)c2)cc1. The van der Waals surface area contributed by atoms with E-state index in [1.807, 2.05) is 0 Å². The smallest absolute Gasteiger partial charge is 0.253 e. The Kier molecular flexibility index (Phi) is 8.01. The minimum Gasteiger partial charge on any atom is -0.458 e. The molecule has 0 amide bonds. The van der Waals surface area contributed by atoms with E-state index in [2.05, 4.69) is 224 Å². The molecule has 0 saturated carbocycles. The summed E-state index contributed by atoms with van der Waals surface area (Å²) in [4.78, 5) is 0. The van der Waals surface area contributed by atoms with E-state index < -0.39 is 8.07 Å². The van der Waals surface area contributed by atoms with Crippen molar-refractivity contribution in [2.24, 2.45) is 0 Å². The minimum absolute atomic E-state index is 0.0883. The maximum Gasteiger partial charge on any atom is 0.253 e. The molecular formula is C54H37BOSi. The molecule has 266 valence electrons. The van der Waals surface area contributed by atoms with E-state index in [9.17, 15) is 0 Å². The molecule has 0 N–H and O–H groups in total. The standard InChI is InChI=1S/C54H37BOSi/c1-4-20-39(21-5-1)57(40-22-6-2-7-23-40,41-24-8-3-9-25-41)42-26-16-19-38(37-42)43-31-17-32-48-46-29-12-10-27-44(46)45-28-11-13-30-47(45)49-33-18-36-52-54(49)55(53(43)48)50-34-14-15-35-51(50)56-52/h1-37H. The first-order valence-electron chi connectivity index (χ1n) is 19.8. The molecule has 0 aliphatic carbocycles. The van der Waals surface area contributed by atoms with Gasteiger partial charge in [-0.15, -0.1) is 0 Å². The maximum atomic E-state index is 6.83. The Hall–Kier alpha value is -6.94. The highest BCUT2D eigenvalue weighted by Gasteiger charge is 2.42. The molecule has 0 fully saturated rings. The van der Waals surface area contributed by atoms with Crippen LogP contribution in [-0.2, 0) is 0 Å². The van der Waals surface area contributed by atoms with Crippen LogP contribution < -0.4 is 41.9 Å². The number of hydrogen-bond donors (Lipinski definition) is 0. The summed E-state index contributed by atoms with van der Waals surface area (Å²) in [5.74, 6) is 1.82. The molecule has 9 aromatic rings. The summed E-state index contributed by atoms with van der Waals surface area (Å²) in [5, 5.41) is 5.44. The van der Waals surface area contributed by atoms with Crippen LogP contribution in [0.4, 0.5) is 0 Å². The molecule has 11 rings (SSSR count). The normalized spacial score (nSPS) is 12.3. The van der Waals surface area contributed by atoms with Gasteiger partial charge in [0.15, 0.2) is 8.07 Å². The molecule has 2 heterocycles. The zero-order valence-electron chi connectivity index (χ0n) is 31.3. The van der Waals surface area contributed by atoms with E-state index in [1.165, 1.54) is 81.6 Å². The fourth-order valence-electron chi connectivity index (χ4n) is 9.80. The molecule has 2 aliphatic rings. The van der Waals surface area contributed by atoms with Gasteiger partial charge in [-0.3, -0.25) is 0 Å². The predicted molar refractivity (Wildman–Crippen MR) is 243 cm³/mol. The first-order chi connectivity index (χ1) is 28.3. The van der Waals surface area contributed by atoms with Gasteiger partial charge in [-0.2, -0.15) is 0 Å². The number of rotatable bonds is 5. The Morgan fingerprint density at radius 3 is 1.30 bits per heavy atom. The molecule has 57 heavy (non-hydrogen) atoms. The van der Waals surface area contributed by atoms with Crippen molar-refractivity contribution < 1.29 is 4.74 Å². The van der Waals surface area contributed by atoms with Crippen molar-refractivity contribution in [1.82, 2.24) is 0 Å². The molecule has 9 aromatic carbocycles. The van der Waals surface area contributed by atoms with Gasteiger partial charge < -0.3 is 4.74 Å². The van der Waals surface area contributed by atoms with Gasteiger partial charge in [0.05, 0.1) is 0 Å². The quantitative estimate of drug-likeness (QED) is 0.127. The van der Waals surface area contributed by atoms with Crippen LogP contribution in [0.15, 0.2) is 224 Å². The zero-order valence-corrected chi connectivity index (χ0v) is 32.3. The number of ether oxygens (including phenoxy) is 1. The Labute approximate surface area is 335 Å². The monoisotopic (exact) mass is 740 g/mol. The van der Waals surface area contributed by atoms with Gasteiger partial charge in [-0.25, -0.2) is 0 Å². The molecule has 0 atom stereocenters. The molecule has 0 unspecified atom stereocenters. The summed E-state index contributed by atoms with van der Waals surface area (Å²) in [6, 6.07) is 83.2. The molecule has 3 heteroatoms. The lowest BCUT2D eigenvalue weighted by Gasteiger charge is -2.35. The number of hydrogen-bond acceptors (Lipinski definition) is 1. The van der Waals surface area contributed by atoms with Gasteiger partial charge in [-0.05, 0) is 88.3 Å². The second-order valence-corrected chi connectivity index (χ2v) is 18.9. The van der Waals surface area contributed by atoms with Crippen molar-refractivity contribution in [1.29, 1.82) is 0 Å². The number of para-hydroxylation sites is 1. The van der Waals surface area contributed by atoms with Gasteiger partial charge >= 0.3 is 0 Å². The molecular weight excluding hydrogens is 703 g/mol. The molecule has 1 nitrogen and oxygen atoms in total. The maximum absolute atomic E-state index is 6.83. The van der Waals surface area contributed by atoms with E-state index in [1.54, 1.807) is 0 Å². The fourth-order valence-corrected chi connectivity index (χ4v) is 14.6. The zero-order chi connectivity index (χ0) is 37.8. The van der Waals surface area contributed by atoms with Gasteiger partial charge in [-0.1, -0.05) is 218 Å². The van der Waals surface area contributed by atoms with Gasteiger partial charge in [0.25, 0.3) is 6.71 Å². The lowest BCUT2D eigenvalue weighted by atomic mass is 9.33. The molecule has 0 bridgehead atoms. The van der Waals surface area contributed by atoms with Crippen LogP contribution in [0.5, 0.6) is 11.5 Å². The van der Waals surface area contributed by atoms with Gasteiger partial charge in [0.1, 0.15) is 11.5 Å². The Morgan fingerprint density at radius 2 is 0.702 bits per heavy atom. The van der Waals surface area contributed by atoms with Crippen LogP contribution >= 0.6 is 0 Å². The van der Waals surface area contributed by atoms with Crippen LogP contribution in [0, 0.1) is 0 Å². The van der Waals surface area contributed by atoms with Crippen molar-refractivity contribution in [3.63, 3.8) is 0 Å². The first-order valence-corrected chi connectivity index (χ1v) is 21.8. The average molecular weight is 741 g/mol. The van der Waals surface area contributed by atoms with Crippen LogP contribution in [0.3, 0.4) is 0 Å². The second-order valence-electron chi connectivity index (χ2n) is 15.1. The van der Waals surface area contributed by atoms with E-state index >= 15 is 0 Å². The first kappa shape index (κ1) is 33.4. The highest BCUT2D eigenvalue weighted by Crippen LogP contribution is 2.42. The summed E-state index contributed by atoms with van der Waals surface area (Å²) in [5.41, 5.74) is 13.5. The molecule has 0 spiro atoms. The van der Waals surface area contributed by atoms with Crippen LogP contribution in [0.2, 0.25) is 0 Å². The summed E-state index contributed by atoms with van der Waals surface area (Å²) in [6.07, 6.45) is 0. The van der Waals surface area contributed by atoms with Crippen LogP contribution in [-0.4, -0.2) is 14.8 Å². The number of fused-ring (bicyclic) bond motifs is 9. The Morgan fingerprint density at radius 1 is 0.298 bits per heavy atom. The predicted octanol–water partition coefficient (Wildman–Crippen LogP) is 8.67. The summed E-state index contributed by atoms with van der Waals surface area (Å²) >= 11 is 0. The van der Waals surface area contributed by atoms with Crippen molar-refractivity contribution in [3.05, 3.63) is 224 Å². The summed E-state index contributed by atoms with van der Waals surface area (Å²) in [7, 11) is -2.78. The fraction of sp³-hybridized carbons (Fsp3) is 0. The van der Waals surface area contributed by atoms with E-state index in [-0.39, 0.29) is 6.71 Å². The average Bonchev–Trinajstić information content (AvgIpc) is 3.33. The van der Waals surface area contributed by atoms with Crippen molar-refractivity contribution in [2.45, 2.75) is 0 Å². The Balaban J connectivity index is 1.25. The van der Waals surface area contributed by atoms with E-state index in [0.29, 0.717) is 0 Å². The molecule has 2 aliphatic heterocycles. The molecule has 0 saturated heterocycles. The topological polar surface area (TPSA) is 9.23 Å². The van der Waals surface area contributed by atoms with E-state index in [4.69, 9.17) is 4.74 Å². The minimum atomic E-state index is -2.78. The van der Waals surface area contributed by atoms with Crippen LogP contribution in [0.1, 0.15) is 0 Å². The highest BCUT2D eigenvalue weighted by atomic mass is 28.3. The van der Waals surface area contributed by atoms with Crippen molar-refractivity contribution in [2.75, 3.05) is 0 Å². The van der Waals surface area contributed by atoms with Crippen LogP contribution in [0.25, 0.3) is 44.5 Å². The third-order valence-electron chi connectivity index (χ3n) is 12.2. The van der Waals surface area contributed by atoms with E-state index in [0.717, 1.165) is 11.5 Å². The van der Waals surface area contributed by atoms with Gasteiger partial charge in [0, 0.05) is 0 Å². The second kappa shape index (κ2) is 13.7. The van der Waals surface area contributed by atoms with Crippen molar-refractivity contribution >= 4 is 51.9 Å². The largest absolute Gasteiger partial charge is 0.458 e. The third-order valence-corrected chi connectivity index (χ3v) is 16.9. The Bertz CT molecular complexity index is 2840.